The van der Waals surface area contributed by atoms with Gasteiger partial charge in [0.05, 0.1) is 18.1 Å². The first kappa shape index (κ1) is 16.4. The molecule has 1 heterocycles. The van der Waals surface area contributed by atoms with Crippen LogP contribution in [-0.4, -0.2) is 18.6 Å². The Balaban J connectivity index is 2.02. The van der Waals surface area contributed by atoms with Crippen molar-refractivity contribution in [3.63, 3.8) is 0 Å². The summed E-state index contributed by atoms with van der Waals surface area (Å²) in [7, 11) is 1.68. The summed E-state index contributed by atoms with van der Waals surface area (Å²) in [5, 5.41) is 4.36. The Hall–Kier alpha value is -0.950. The molecule has 0 spiro atoms. The quantitative estimate of drug-likeness (QED) is 0.748. The first-order chi connectivity index (χ1) is 10.2. The van der Waals surface area contributed by atoms with Gasteiger partial charge in [-0.25, -0.2) is 9.37 Å². The van der Waals surface area contributed by atoms with Crippen LogP contribution in [0.15, 0.2) is 29.2 Å². The van der Waals surface area contributed by atoms with Crippen molar-refractivity contribution < 1.29 is 9.13 Å². The number of halogens is 1. The Morgan fingerprint density at radius 1 is 1.43 bits per heavy atom. The average molecular weight is 326 g/mol. The molecule has 0 aliphatic heterocycles. The third-order valence-corrected chi connectivity index (χ3v) is 5.08. The van der Waals surface area contributed by atoms with Gasteiger partial charge >= 0.3 is 0 Å². The Morgan fingerprint density at radius 3 is 3.00 bits per heavy atom. The minimum atomic E-state index is -0.202. The van der Waals surface area contributed by atoms with Gasteiger partial charge in [0.2, 0.25) is 0 Å². The lowest BCUT2D eigenvalue weighted by Gasteiger charge is -2.00. The van der Waals surface area contributed by atoms with E-state index in [-0.39, 0.29) is 5.82 Å². The average Bonchev–Trinajstić information content (AvgIpc) is 2.86. The fourth-order valence-electron chi connectivity index (χ4n) is 1.83. The van der Waals surface area contributed by atoms with E-state index in [1.807, 2.05) is 6.07 Å². The zero-order valence-electron chi connectivity index (χ0n) is 12.2. The smallest absolute Gasteiger partial charge is 0.124 e. The van der Waals surface area contributed by atoms with Crippen LogP contribution in [0.1, 0.15) is 22.5 Å². The van der Waals surface area contributed by atoms with Crippen molar-refractivity contribution in [2.75, 3.05) is 13.7 Å². The number of hydrogen-bond acceptors (Lipinski definition) is 5. The number of nitrogens with zero attached hydrogens (tertiary/aromatic N) is 1. The summed E-state index contributed by atoms with van der Waals surface area (Å²) in [6.45, 7) is 4.36. The number of benzene rings is 1. The van der Waals surface area contributed by atoms with Crippen LogP contribution in [0.3, 0.4) is 0 Å². The van der Waals surface area contributed by atoms with Gasteiger partial charge in [0, 0.05) is 23.4 Å². The van der Waals surface area contributed by atoms with E-state index in [1.54, 1.807) is 42.3 Å². The molecular formula is C15H19FN2OS2. The lowest BCUT2D eigenvalue weighted by atomic mass is 10.3. The maximum absolute atomic E-state index is 13.1. The van der Waals surface area contributed by atoms with Crippen LogP contribution < -0.4 is 5.32 Å². The van der Waals surface area contributed by atoms with Crippen molar-refractivity contribution in [2.45, 2.75) is 30.7 Å². The number of thioether (sulfide) groups is 1. The molecule has 1 N–H and O–H groups in total. The van der Waals surface area contributed by atoms with Gasteiger partial charge in [0.15, 0.2) is 0 Å². The molecule has 3 nitrogen and oxygen atoms in total. The first-order valence-corrected chi connectivity index (χ1v) is 8.58. The number of thiazole rings is 1. The number of ether oxygens (including phenoxy) is 1. The van der Waals surface area contributed by atoms with E-state index in [2.05, 4.69) is 17.2 Å². The molecule has 0 aliphatic carbocycles. The van der Waals surface area contributed by atoms with Crippen LogP contribution in [0, 0.1) is 5.82 Å². The molecule has 114 valence electrons. The van der Waals surface area contributed by atoms with E-state index in [0.717, 1.165) is 34.4 Å². The molecule has 2 rings (SSSR count). The Labute approximate surface area is 132 Å². The van der Waals surface area contributed by atoms with Crippen molar-refractivity contribution >= 4 is 23.1 Å². The molecule has 1 aromatic carbocycles. The summed E-state index contributed by atoms with van der Waals surface area (Å²) >= 11 is 3.29. The highest BCUT2D eigenvalue weighted by molar-refractivity contribution is 7.98. The predicted molar refractivity (Wildman–Crippen MR) is 86.2 cm³/mol. The highest BCUT2D eigenvalue weighted by Crippen LogP contribution is 2.27. The van der Waals surface area contributed by atoms with Crippen LogP contribution in [0.2, 0.25) is 0 Å². The van der Waals surface area contributed by atoms with Gasteiger partial charge < -0.3 is 10.1 Å². The van der Waals surface area contributed by atoms with E-state index in [4.69, 9.17) is 4.74 Å². The molecule has 0 amide bonds. The Morgan fingerprint density at radius 2 is 2.29 bits per heavy atom. The van der Waals surface area contributed by atoms with E-state index < -0.39 is 0 Å². The van der Waals surface area contributed by atoms with Crippen molar-refractivity contribution in [2.24, 2.45) is 0 Å². The van der Waals surface area contributed by atoms with Gasteiger partial charge in [0.1, 0.15) is 10.8 Å². The number of hydrogen-bond donors (Lipinski definition) is 1. The predicted octanol–water partition coefficient (Wildman–Crippen LogP) is 3.83. The van der Waals surface area contributed by atoms with Crippen LogP contribution >= 0.6 is 23.1 Å². The van der Waals surface area contributed by atoms with E-state index in [0.29, 0.717) is 6.61 Å². The Bertz CT molecular complexity index is 575. The van der Waals surface area contributed by atoms with Gasteiger partial charge in [-0.3, -0.25) is 0 Å². The van der Waals surface area contributed by atoms with Crippen LogP contribution in [0.5, 0.6) is 0 Å². The van der Waals surface area contributed by atoms with Crippen molar-refractivity contribution in [3.05, 3.63) is 45.7 Å². The lowest BCUT2D eigenvalue weighted by molar-refractivity contribution is 0.181. The summed E-state index contributed by atoms with van der Waals surface area (Å²) in [6, 6.07) is 6.65. The number of aromatic nitrogens is 1. The second-order valence-corrected chi connectivity index (χ2v) is 6.65. The summed E-state index contributed by atoms with van der Waals surface area (Å²) in [5.74, 6) is 0.545. The minimum absolute atomic E-state index is 0.202. The molecule has 0 saturated carbocycles. The number of nitrogens with one attached hydrogen (secondary N) is 1. The largest absolute Gasteiger partial charge is 0.378 e. The molecule has 0 aliphatic rings. The highest BCUT2D eigenvalue weighted by Gasteiger charge is 2.11. The highest BCUT2D eigenvalue weighted by atomic mass is 32.2. The SMILES string of the molecule is CCNCc1sc(CSc2cccc(F)c2)nc1COC. The Kier molecular flexibility index (Phi) is 6.63. The molecule has 0 atom stereocenters. The van der Waals surface area contributed by atoms with Crippen LogP contribution in [0.4, 0.5) is 4.39 Å². The zero-order valence-corrected chi connectivity index (χ0v) is 13.8. The molecule has 0 saturated heterocycles. The van der Waals surface area contributed by atoms with Crippen molar-refractivity contribution in [1.29, 1.82) is 0 Å². The molecular weight excluding hydrogens is 307 g/mol. The molecule has 2 aromatic rings. The second kappa shape index (κ2) is 8.48. The summed E-state index contributed by atoms with van der Waals surface area (Å²) < 4.78 is 18.4. The standard InChI is InChI=1S/C15H19FN2OS2/c1-3-17-8-14-13(9-19-2)18-15(21-14)10-20-12-6-4-5-11(16)7-12/h4-7,17H,3,8-10H2,1-2H3. The molecule has 0 bridgehead atoms. The molecule has 1 aromatic heterocycles. The molecule has 0 fully saturated rings. The summed E-state index contributed by atoms with van der Waals surface area (Å²) in [6.07, 6.45) is 0. The molecule has 6 heteroatoms. The van der Waals surface area contributed by atoms with Crippen LogP contribution in [-0.2, 0) is 23.6 Å². The van der Waals surface area contributed by atoms with Crippen molar-refractivity contribution in [1.82, 2.24) is 10.3 Å². The maximum atomic E-state index is 13.1. The van der Waals surface area contributed by atoms with Gasteiger partial charge in [-0.1, -0.05) is 13.0 Å². The van der Waals surface area contributed by atoms with Crippen LogP contribution in [0.25, 0.3) is 0 Å². The second-order valence-electron chi connectivity index (χ2n) is 4.44. The zero-order chi connectivity index (χ0) is 15.1. The van der Waals surface area contributed by atoms with Crippen molar-refractivity contribution in [3.8, 4) is 0 Å². The fourth-order valence-corrected chi connectivity index (χ4v) is 3.80. The monoisotopic (exact) mass is 326 g/mol. The molecule has 21 heavy (non-hydrogen) atoms. The third kappa shape index (κ3) is 5.07. The topological polar surface area (TPSA) is 34.2 Å². The lowest BCUT2D eigenvalue weighted by Crippen LogP contribution is -2.12. The van der Waals surface area contributed by atoms with E-state index in [1.165, 1.54) is 10.9 Å². The first-order valence-electron chi connectivity index (χ1n) is 6.78. The van der Waals surface area contributed by atoms with Gasteiger partial charge in [0.25, 0.3) is 0 Å². The third-order valence-electron chi connectivity index (χ3n) is 2.80. The van der Waals surface area contributed by atoms with Gasteiger partial charge in [-0.15, -0.1) is 23.1 Å². The van der Waals surface area contributed by atoms with Gasteiger partial charge in [-0.05, 0) is 24.7 Å². The molecule has 0 unspecified atom stereocenters. The number of rotatable bonds is 8. The summed E-state index contributed by atoms with van der Waals surface area (Å²) in [4.78, 5) is 6.77. The maximum Gasteiger partial charge on any atom is 0.124 e. The number of methoxy groups -OCH3 is 1. The minimum Gasteiger partial charge on any atom is -0.378 e. The fraction of sp³-hybridized carbons (Fsp3) is 0.400. The normalized spacial score (nSPS) is 11.0. The summed E-state index contributed by atoms with van der Waals surface area (Å²) in [5.41, 5.74) is 0.998. The molecule has 0 radical (unpaired) electrons. The van der Waals surface area contributed by atoms with Gasteiger partial charge in [-0.2, -0.15) is 0 Å². The van der Waals surface area contributed by atoms with E-state index in [9.17, 15) is 4.39 Å². The van der Waals surface area contributed by atoms with E-state index >= 15 is 0 Å².